The third kappa shape index (κ3) is 4.22. The van der Waals surface area contributed by atoms with Crippen LogP contribution in [0.1, 0.15) is 32.1 Å². The Balaban J connectivity index is 0.00000161. The van der Waals surface area contributed by atoms with Crippen molar-refractivity contribution in [3.63, 3.8) is 0 Å². The Morgan fingerprint density at radius 2 is 2.05 bits per heavy atom. The smallest absolute Gasteiger partial charge is 0.191 e. The molecule has 2 aliphatic heterocycles. The number of nitrogens with one attached hydrogen (secondary N) is 2. The standard InChI is InChI=1S/C15H28N4O.HI/c1-16-15(17-9-13(19(2)3)10-4-5-10)18-12-8-11-6-7-14(12)20-11;/h10-14H,4-9H2,1-3H3,(H2,16,17,18);1H. The van der Waals surface area contributed by atoms with Crippen molar-refractivity contribution in [2.24, 2.45) is 10.9 Å². The number of hydrogen-bond donors (Lipinski definition) is 2. The monoisotopic (exact) mass is 408 g/mol. The van der Waals surface area contributed by atoms with Crippen LogP contribution in [0, 0.1) is 5.92 Å². The Kier molecular flexibility index (Phi) is 6.14. The summed E-state index contributed by atoms with van der Waals surface area (Å²) >= 11 is 0. The Morgan fingerprint density at radius 1 is 1.29 bits per heavy atom. The van der Waals surface area contributed by atoms with Gasteiger partial charge in [0.15, 0.2) is 5.96 Å². The molecule has 3 aliphatic rings. The molecule has 0 aromatic heterocycles. The molecule has 5 nitrogen and oxygen atoms in total. The van der Waals surface area contributed by atoms with Crippen molar-refractivity contribution in [1.29, 1.82) is 0 Å². The van der Waals surface area contributed by atoms with E-state index in [4.69, 9.17) is 4.74 Å². The molecule has 2 saturated heterocycles. The summed E-state index contributed by atoms with van der Waals surface area (Å²) < 4.78 is 5.89. The lowest BCUT2D eigenvalue weighted by atomic mass is 9.96. The first kappa shape index (κ1) is 17.3. The fraction of sp³-hybridized carbons (Fsp3) is 0.933. The lowest BCUT2D eigenvalue weighted by Crippen LogP contribution is -2.50. The summed E-state index contributed by atoms with van der Waals surface area (Å²) in [4.78, 5) is 6.70. The third-order valence-electron chi connectivity index (χ3n) is 4.96. The first-order valence-electron chi connectivity index (χ1n) is 7.96. The van der Waals surface area contributed by atoms with E-state index in [0.717, 1.165) is 24.8 Å². The van der Waals surface area contributed by atoms with Gasteiger partial charge >= 0.3 is 0 Å². The number of fused-ring (bicyclic) bond motifs is 2. The van der Waals surface area contributed by atoms with Crippen LogP contribution in [-0.4, -0.2) is 62.8 Å². The zero-order valence-corrected chi connectivity index (χ0v) is 15.7. The largest absolute Gasteiger partial charge is 0.373 e. The predicted molar refractivity (Wildman–Crippen MR) is 96.4 cm³/mol. The Labute approximate surface area is 145 Å². The molecule has 0 amide bonds. The second kappa shape index (κ2) is 7.46. The lowest BCUT2D eigenvalue weighted by molar-refractivity contribution is 0.0992. The summed E-state index contributed by atoms with van der Waals surface area (Å²) in [5, 5.41) is 7.05. The Morgan fingerprint density at radius 3 is 2.52 bits per heavy atom. The van der Waals surface area contributed by atoms with Crippen LogP contribution in [0.15, 0.2) is 4.99 Å². The van der Waals surface area contributed by atoms with Gasteiger partial charge in [-0.25, -0.2) is 0 Å². The van der Waals surface area contributed by atoms with Crippen molar-refractivity contribution in [2.45, 2.75) is 56.4 Å². The highest BCUT2D eigenvalue weighted by Gasteiger charge is 2.41. The molecule has 2 N–H and O–H groups in total. The van der Waals surface area contributed by atoms with E-state index in [1.54, 1.807) is 0 Å². The van der Waals surface area contributed by atoms with Crippen LogP contribution < -0.4 is 10.6 Å². The highest BCUT2D eigenvalue weighted by molar-refractivity contribution is 14.0. The molecule has 4 atom stereocenters. The minimum absolute atomic E-state index is 0. The first-order chi connectivity index (χ1) is 9.67. The molecule has 3 rings (SSSR count). The van der Waals surface area contributed by atoms with E-state index in [1.165, 1.54) is 25.7 Å². The molecule has 3 fully saturated rings. The van der Waals surface area contributed by atoms with Gasteiger partial charge in [0.05, 0.1) is 18.2 Å². The Bertz CT molecular complexity index is 371. The normalized spacial score (nSPS) is 33.0. The number of rotatable bonds is 5. The van der Waals surface area contributed by atoms with E-state index in [0.29, 0.717) is 24.3 Å². The first-order valence-corrected chi connectivity index (χ1v) is 7.96. The van der Waals surface area contributed by atoms with Crippen molar-refractivity contribution < 1.29 is 4.74 Å². The fourth-order valence-corrected chi connectivity index (χ4v) is 3.61. The molecular formula is C15H29IN4O. The molecule has 2 heterocycles. The van der Waals surface area contributed by atoms with Crippen molar-refractivity contribution >= 4 is 29.9 Å². The highest BCUT2D eigenvalue weighted by atomic mass is 127. The molecule has 21 heavy (non-hydrogen) atoms. The maximum Gasteiger partial charge on any atom is 0.191 e. The molecule has 0 aromatic carbocycles. The van der Waals surface area contributed by atoms with Crippen LogP contribution in [0.3, 0.4) is 0 Å². The van der Waals surface area contributed by atoms with Crippen LogP contribution in [0.4, 0.5) is 0 Å². The number of halogens is 1. The second-order valence-corrected chi connectivity index (χ2v) is 6.68. The van der Waals surface area contributed by atoms with Gasteiger partial charge in [-0.2, -0.15) is 0 Å². The third-order valence-corrected chi connectivity index (χ3v) is 4.96. The molecule has 4 unspecified atom stereocenters. The second-order valence-electron chi connectivity index (χ2n) is 6.68. The van der Waals surface area contributed by atoms with E-state index < -0.39 is 0 Å². The summed E-state index contributed by atoms with van der Waals surface area (Å²) in [5.41, 5.74) is 0. The van der Waals surface area contributed by atoms with Crippen molar-refractivity contribution in [2.75, 3.05) is 27.7 Å². The van der Waals surface area contributed by atoms with Gasteiger partial charge in [0.1, 0.15) is 0 Å². The van der Waals surface area contributed by atoms with Gasteiger partial charge in [-0.15, -0.1) is 24.0 Å². The summed E-state index contributed by atoms with van der Waals surface area (Å²) in [7, 11) is 6.19. The summed E-state index contributed by atoms with van der Waals surface area (Å²) in [6.07, 6.45) is 7.18. The fourth-order valence-electron chi connectivity index (χ4n) is 3.61. The van der Waals surface area contributed by atoms with Crippen LogP contribution in [0.2, 0.25) is 0 Å². The summed E-state index contributed by atoms with van der Waals surface area (Å²) in [6, 6.07) is 1.06. The number of aliphatic imine (C=N–C) groups is 1. The molecular weight excluding hydrogens is 379 g/mol. The zero-order valence-electron chi connectivity index (χ0n) is 13.3. The Hall–Kier alpha value is -0.0800. The topological polar surface area (TPSA) is 48.9 Å². The highest BCUT2D eigenvalue weighted by Crippen LogP contribution is 2.35. The number of hydrogen-bond acceptors (Lipinski definition) is 3. The van der Waals surface area contributed by atoms with Crippen LogP contribution in [0.5, 0.6) is 0 Å². The van der Waals surface area contributed by atoms with Crippen molar-refractivity contribution in [1.82, 2.24) is 15.5 Å². The number of ether oxygens (including phenoxy) is 1. The van der Waals surface area contributed by atoms with Gasteiger partial charge in [-0.05, 0) is 52.1 Å². The van der Waals surface area contributed by atoms with Gasteiger partial charge in [-0.3, -0.25) is 4.99 Å². The summed E-state index contributed by atoms with van der Waals surface area (Å²) in [6.45, 7) is 0.971. The number of likely N-dealkylation sites (N-methyl/N-ethyl adjacent to an activating group) is 1. The molecule has 0 radical (unpaired) electrons. The van der Waals surface area contributed by atoms with E-state index in [-0.39, 0.29) is 24.0 Å². The average Bonchev–Trinajstić information content (AvgIpc) is 3.04. The molecule has 0 aromatic rings. The van der Waals surface area contributed by atoms with Crippen molar-refractivity contribution in [3.05, 3.63) is 0 Å². The zero-order chi connectivity index (χ0) is 14.1. The molecule has 1 saturated carbocycles. The quantitative estimate of drug-likeness (QED) is 0.411. The van der Waals surface area contributed by atoms with E-state index in [2.05, 4.69) is 34.6 Å². The maximum atomic E-state index is 5.89. The molecule has 2 bridgehead atoms. The van der Waals surface area contributed by atoms with Gasteiger partial charge < -0.3 is 20.3 Å². The van der Waals surface area contributed by atoms with Crippen LogP contribution in [-0.2, 0) is 4.74 Å². The van der Waals surface area contributed by atoms with E-state index >= 15 is 0 Å². The molecule has 1 aliphatic carbocycles. The van der Waals surface area contributed by atoms with Crippen LogP contribution in [0.25, 0.3) is 0 Å². The molecule has 0 spiro atoms. The van der Waals surface area contributed by atoms with E-state index in [1.807, 2.05) is 7.05 Å². The van der Waals surface area contributed by atoms with Crippen LogP contribution >= 0.6 is 24.0 Å². The number of nitrogens with zero attached hydrogens (tertiary/aromatic N) is 2. The van der Waals surface area contributed by atoms with Gasteiger partial charge in [0, 0.05) is 19.6 Å². The van der Waals surface area contributed by atoms with Gasteiger partial charge in [0.25, 0.3) is 0 Å². The van der Waals surface area contributed by atoms with E-state index in [9.17, 15) is 0 Å². The average molecular weight is 408 g/mol. The van der Waals surface area contributed by atoms with Gasteiger partial charge in [-0.1, -0.05) is 0 Å². The van der Waals surface area contributed by atoms with Gasteiger partial charge in [0.2, 0.25) is 0 Å². The SMILES string of the molecule is CN=C(NCC(C1CC1)N(C)C)NC1CC2CCC1O2.I. The van der Waals surface area contributed by atoms with Crippen molar-refractivity contribution in [3.8, 4) is 0 Å². The lowest BCUT2D eigenvalue weighted by Gasteiger charge is -2.27. The molecule has 6 heteroatoms. The maximum absolute atomic E-state index is 5.89. The number of guanidine groups is 1. The predicted octanol–water partition coefficient (Wildman–Crippen LogP) is 1.43. The minimum atomic E-state index is 0. The molecule has 122 valence electrons. The summed E-state index contributed by atoms with van der Waals surface area (Å²) in [5.74, 6) is 1.79. The minimum Gasteiger partial charge on any atom is -0.373 e.